The van der Waals surface area contributed by atoms with Crippen LogP contribution in [0.5, 0.6) is 0 Å². The van der Waals surface area contributed by atoms with Gasteiger partial charge in [-0.3, -0.25) is 0 Å². The molecular formula is C15H22O3. The van der Waals surface area contributed by atoms with E-state index in [0.29, 0.717) is 12.5 Å². The van der Waals surface area contributed by atoms with Gasteiger partial charge in [-0.25, -0.2) is 4.79 Å². The fourth-order valence-corrected chi connectivity index (χ4v) is 4.68. The molecule has 1 N–H and O–H groups in total. The molecule has 0 aromatic carbocycles. The number of rotatable bonds is 1. The first-order chi connectivity index (χ1) is 8.51. The van der Waals surface area contributed by atoms with Gasteiger partial charge >= 0.3 is 5.97 Å². The third-order valence-electron chi connectivity index (χ3n) is 5.75. The number of carbonyl (C=O) groups is 1. The van der Waals surface area contributed by atoms with Crippen LogP contribution >= 0.6 is 0 Å². The molecule has 3 nitrogen and oxygen atoms in total. The zero-order valence-electron chi connectivity index (χ0n) is 11.3. The van der Waals surface area contributed by atoms with Crippen LogP contribution in [0, 0.1) is 16.7 Å². The lowest BCUT2D eigenvalue weighted by atomic mass is 9.50. The van der Waals surface area contributed by atoms with Crippen LogP contribution in [-0.4, -0.2) is 24.3 Å². The molecule has 0 spiro atoms. The minimum absolute atomic E-state index is 0.0111. The molecule has 0 radical (unpaired) electrons. The number of aliphatic hydroxyl groups excluding tert-OH is 1. The summed E-state index contributed by atoms with van der Waals surface area (Å²) in [6, 6.07) is 0. The first-order valence-corrected chi connectivity index (χ1v) is 7.02. The van der Waals surface area contributed by atoms with E-state index in [1.165, 1.54) is 5.57 Å². The standard InChI is InChI=1S/C15H22O3/c1-14(9-16)6-3-7-15(2)11-8-18-13(17)10(11)4-5-12(14)15/h12,16H,3-9H2,1-2H3/t12-,14+,15+/m0/s1. The van der Waals surface area contributed by atoms with Crippen LogP contribution in [-0.2, 0) is 9.53 Å². The Morgan fingerprint density at radius 2 is 2.17 bits per heavy atom. The first kappa shape index (κ1) is 12.2. The van der Waals surface area contributed by atoms with Crippen LogP contribution in [0.4, 0.5) is 0 Å². The monoisotopic (exact) mass is 250 g/mol. The summed E-state index contributed by atoms with van der Waals surface area (Å²) in [4.78, 5) is 11.7. The molecule has 3 heteroatoms. The molecule has 18 heavy (non-hydrogen) atoms. The molecular weight excluding hydrogens is 228 g/mol. The highest BCUT2D eigenvalue weighted by molar-refractivity contribution is 5.92. The van der Waals surface area contributed by atoms with Crippen molar-refractivity contribution in [3.8, 4) is 0 Å². The third kappa shape index (κ3) is 1.43. The van der Waals surface area contributed by atoms with Gasteiger partial charge in [0.2, 0.25) is 0 Å². The van der Waals surface area contributed by atoms with Crippen LogP contribution in [0.25, 0.3) is 0 Å². The van der Waals surface area contributed by atoms with E-state index in [1.807, 2.05) is 0 Å². The number of cyclic esters (lactones) is 1. The quantitative estimate of drug-likeness (QED) is 0.727. The molecule has 1 aliphatic heterocycles. The van der Waals surface area contributed by atoms with E-state index >= 15 is 0 Å². The number of hydrogen-bond acceptors (Lipinski definition) is 3. The Hall–Kier alpha value is -0.830. The molecule has 0 unspecified atom stereocenters. The summed E-state index contributed by atoms with van der Waals surface area (Å²) in [5, 5.41) is 9.78. The lowest BCUT2D eigenvalue weighted by Crippen LogP contribution is -2.48. The fourth-order valence-electron chi connectivity index (χ4n) is 4.68. The molecule has 1 saturated carbocycles. The Kier molecular flexibility index (Phi) is 2.60. The SMILES string of the molecule is C[C@]1(CO)CCC[C@]2(C)C3=C(CC[C@@H]12)C(=O)OC3. The molecule has 0 aromatic heterocycles. The smallest absolute Gasteiger partial charge is 0.334 e. The van der Waals surface area contributed by atoms with Crippen molar-refractivity contribution in [3.63, 3.8) is 0 Å². The van der Waals surface area contributed by atoms with E-state index in [0.717, 1.165) is 37.7 Å². The molecule has 100 valence electrons. The average molecular weight is 250 g/mol. The second-order valence-electron chi connectivity index (χ2n) is 6.71. The molecule has 2 aliphatic carbocycles. The van der Waals surface area contributed by atoms with Crippen molar-refractivity contribution in [2.45, 2.75) is 46.0 Å². The normalized spacial score (nSPS) is 43.5. The van der Waals surface area contributed by atoms with Crippen molar-refractivity contribution in [1.29, 1.82) is 0 Å². The van der Waals surface area contributed by atoms with Crippen LogP contribution in [0.15, 0.2) is 11.1 Å². The summed E-state index contributed by atoms with van der Waals surface area (Å²) in [6.07, 6.45) is 5.21. The summed E-state index contributed by atoms with van der Waals surface area (Å²) in [5.41, 5.74) is 2.26. The molecule has 3 rings (SSSR count). The van der Waals surface area contributed by atoms with E-state index in [4.69, 9.17) is 4.74 Å². The minimum atomic E-state index is -0.0963. The van der Waals surface area contributed by atoms with E-state index in [-0.39, 0.29) is 23.4 Å². The van der Waals surface area contributed by atoms with Gasteiger partial charge in [-0.1, -0.05) is 20.3 Å². The molecule has 1 heterocycles. The predicted molar refractivity (Wildman–Crippen MR) is 67.9 cm³/mol. The Balaban J connectivity index is 2.04. The molecule has 0 bridgehead atoms. The van der Waals surface area contributed by atoms with Crippen molar-refractivity contribution in [2.75, 3.05) is 13.2 Å². The summed E-state index contributed by atoms with van der Waals surface area (Å²) < 4.78 is 5.24. The molecule has 0 aromatic rings. The van der Waals surface area contributed by atoms with Gasteiger partial charge in [-0.15, -0.1) is 0 Å². The van der Waals surface area contributed by atoms with E-state index in [9.17, 15) is 9.90 Å². The predicted octanol–water partition coefficient (Wildman–Crippen LogP) is 2.44. The Labute approximate surface area is 108 Å². The Bertz CT molecular complexity index is 425. The second kappa shape index (κ2) is 3.83. The van der Waals surface area contributed by atoms with E-state index in [1.54, 1.807) is 0 Å². The van der Waals surface area contributed by atoms with Crippen LogP contribution in [0.3, 0.4) is 0 Å². The lowest BCUT2D eigenvalue weighted by molar-refractivity contribution is -0.136. The number of hydrogen-bond donors (Lipinski definition) is 1. The molecule has 0 amide bonds. The minimum Gasteiger partial charge on any atom is -0.458 e. The highest BCUT2D eigenvalue weighted by Crippen LogP contribution is 2.60. The van der Waals surface area contributed by atoms with Crippen molar-refractivity contribution in [1.82, 2.24) is 0 Å². The van der Waals surface area contributed by atoms with Crippen LogP contribution < -0.4 is 0 Å². The molecule has 0 saturated heterocycles. The van der Waals surface area contributed by atoms with Crippen molar-refractivity contribution in [2.24, 2.45) is 16.7 Å². The Morgan fingerprint density at radius 1 is 1.39 bits per heavy atom. The van der Waals surface area contributed by atoms with Gasteiger partial charge in [-0.2, -0.15) is 0 Å². The fraction of sp³-hybridized carbons (Fsp3) is 0.800. The summed E-state index contributed by atoms with van der Waals surface area (Å²) in [7, 11) is 0. The number of ether oxygens (including phenoxy) is 1. The van der Waals surface area contributed by atoms with Crippen molar-refractivity contribution >= 4 is 5.97 Å². The van der Waals surface area contributed by atoms with Gasteiger partial charge in [0.05, 0.1) is 0 Å². The van der Waals surface area contributed by atoms with E-state index < -0.39 is 0 Å². The molecule has 3 atom stereocenters. The van der Waals surface area contributed by atoms with Crippen LogP contribution in [0.1, 0.15) is 46.0 Å². The van der Waals surface area contributed by atoms with Gasteiger partial charge < -0.3 is 9.84 Å². The molecule has 1 fully saturated rings. The Morgan fingerprint density at radius 3 is 2.89 bits per heavy atom. The lowest BCUT2D eigenvalue weighted by Gasteiger charge is -2.54. The maximum Gasteiger partial charge on any atom is 0.334 e. The number of fused-ring (bicyclic) bond motifs is 2. The summed E-state index contributed by atoms with van der Waals surface area (Å²) >= 11 is 0. The first-order valence-electron chi connectivity index (χ1n) is 7.02. The number of esters is 1. The van der Waals surface area contributed by atoms with Gasteiger partial charge in [-0.05, 0) is 48.0 Å². The summed E-state index contributed by atoms with van der Waals surface area (Å²) in [5.74, 6) is 0.387. The van der Waals surface area contributed by atoms with Gasteiger partial charge in [0.25, 0.3) is 0 Å². The van der Waals surface area contributed by atoms with Gasteiger partial charge in [0.1, 0.15) is 6.61 Å². The highest BCUT2D eigenvalue weighted by Gasteiger charge is 2.54. The number of carbonyl (C=O) groups excluding carboxylic acids is 1. The largest absolute Gasteiger partial charge is 0.458 e. The van der Waals surface area contributed by atoms with Crippen molar-refractivity contribution < 1.29 is 14.6 Å². The second-order valence-corrected chi connectivity index (χ2v) is 6.71. The van der Waals surface area contributed by atoms with Gasteiger partial charge in [0.15, 0.2) is 0 Å². The van der Waals surface area contributed by atoms with E-state index in [2.05, 4.69) is 13.8 Å². The average Bonchev–Trinajstić information content (AvgIpc) is 2.72. The number of aliphatic hydroxyl groups is 1. The topological polar surface area (TPSA) is 46.5 Å². The third-order valence-corrected chi connectivity index (χ3v) is 5.75. The maximum atomic E-state index is 11.7. The summed E-state index contributed by atoms with van der Waals surface area (Å²) in [6.45, 7) is 5.23. The van der Waals surface area contributed by atoms with Crippen molar-refractivity contribution in [3.05, 3.63) is 11.1 Å². The zero-order chi connectivity index (χ0) is 13.0. The maximum absolute atomic E-state index is 11.7. The zero-order valence-corrected chi connectivity index (χ0v) is 11.3. The van der Waals surface area contributed by atoms with Gasteiger partial charge in [0, 0.05) is 12.2 Å². The molecule has 3 aliphatic rings. The highest BCUT2D eigenvalue weighted by atomic mass is 16.5. The van der Waals surface area contributed by atoms with Crippen LogP contribution in [0.2, 0.25) is 0 Å².